The van der Waals surface area contributed by atoms with Crippen LogP contribution in [0.2, 0.25) is 0 Å². The first kappa shape index (κ1) is 7.97. The monoisotopic (exact) mass is 132 g/mol. The van der Waals surface area contributed by atoms with Crippen LogP contribution in [-0.2, 0) is 4.57 Å². The molecule has 1 atom stereocenters. The molecule has 48 valence electrons. The summed E-state index contributed by atoms with van der Waals surface area (Å²) >= 11 is 0. The molecule has 0 N–H and O–H groups in total. The van der Waals surface area contributed by atoms with Gasteiger partial charge in [0.15, 0.2) is 0 Å². The Morgan fingerprint density at radius 2 is 2.25 bits per heavy atom. The molecule has 0 aromatic carbocycles. The van der Waals surface area contributed by atoms with Gasteiger partial charge in [-0.1, -0.05) is 19.1 Å². The molecule has 0 spiro atoms. The van der Waals surface area contributed by atoms with Gasteiger partial charge in [-0.05, 0) is 13.1 Å². The Balaban J connectivity index is 3.25. The summed E-state index contributed by atoms with van der Waals surface area (Å²) in [7, 11) is -1.23. The van der Waals surface area contributed by atoms with Crippen molar-refractivity contribution in [2.45, 2.75) is 13.8 Å². The van der Waals surface area contributed by atoms with Gasteiger partial charge in [-0.15, -0.1) is 0 Å². The van der Waals surface area contributed by atoms with E-state index in [0.717, 1.165) is 12.3 Å². The summed E-state index contributed by atoms with van der Waals surface area (Å²) < 4.78 is 10.7. The van der Waals surface area contributed by atoms with Crippen molar-refractivity contribution in [3.63, 3.8) is 0 Å². The van der Waals surface area contributed by atoms with E-state index < -0.39 is 7.80 Å². The molecule has 0 amide bonds. The molecule has 0 rings (SSSR count). The third kappa shape index (κ3) is 4.14. The fourth-order valence-corrected chi connectivity index (χ4v) is 1.18. The molecule has 0 aliphatic heterocycles. The van der Waals surface area contributed by atoms with Crippen LogP contribution in [0.3, 0.4) is 0 Å². The molecule has 1 unspecified atom stereocenters. The van der Waals surface area contributed by atoms with Gasteiger partial charge in [0.2, 0.25) is 0 Å². The number of hydrogen-bond donors (Lipinski definition) is 0. The Morgan fingerprint density at radius 1 is 1.62 bits per heavy atom. The molecule has 0 saturated heterocycles. The van der Waals surface area contributed by atoms with Crippen molar-refractivity contribution in [3.05, 3.63) is 12.2 Å². The third-order valence-electron chi connectivity index (χ3n) is 0.976. The van der Waals surface area contributed by atoms with Gasteiger partial charge in [0, 0.05) is 6.16 Å². The molecule has 0 fully saturated rings. The van der Waals surface area contributed by atoms with Gasteiger partial charge in [0.1, 0.15) is 0 Å². The Hall–Kier alpha value is -0.0300. The van der Waals surface area contributed by atoms with Gasteiger partial charge < -0.3 is 4.57 Å². The predicted molar refractivity (Wildman–Crippen MR) is 39.2 cm³/mol. The minimum absolute atomic E-state index is 0.789. The maximum Gasteiger partial charge on any atom is 0.0795 e. The highest BCUT2D eigenvalue weighted by molar-refractivity contribution is 7.44. The largest absolute Gasteiger partial charge is 0.327 e. The van der Waals surface area contributed by atoms with Crippen LogP contribution in [0.1, 0.15) is 13.8 Å². The lowest BCUT2D eigenvalue weighted by Gasteiger charge is -1.87. The average Bonchev–Trinajstić information content (AvgIpc) is 1.83. The molecule has 8 heavy (non-hydrogen) atoms. The Kier molecular flexibility index (Phi) is 5.09. The lowest BCUT2D eigenvalue weighted by molar-refractivity contribution is 0.590. The second kappa shape index (κ2) is 5.11. The fraction of sp³-hybridized carbons (Fsp3) is 0.667. The summed E-state index contributed by atoms with van der Waals surface area (Å²) in [5, 5.41) is 0. The zero-order valence-electron chi connectivity index (χ0n) is 5.48. The second-order valence-corrected chi connectivity index (χ2v) is 3.86. The van der Waals surface area contributed by atoms with Gasteiger partial charge in [0.25, 0.3) is 0 Å². The molecule has 0 aliphatic carbocycles. The Bertz CT molecular complexity index is 96.7. The van der Waals surface area contributed by atoms with Crippen LogP contribution in [0.4, 0.5) is 0 Å². The van der Waals surface area contributed by atoms with Crippen molar-refractivity contribution >= 4 is 7.80 Å². The first-order valence-electron chi connectivity index (χ1n) is 2.94. The molecular formula is C6H13OP. The molecule has 0 bridgehead atoms. The number of rotatable bonds is 3. The number of allylic oxidation sites excluding steroid dienone is 2. The van der Waals surface area contributed by atoms with Crippen LogP contribution in [0.5, 0.6) is 0 Å². The van der Waals surface area contributed by atoms with Crippen molar-refractivity contribution < 1.29 is 4.57 Å². The standard InChI is InChI=1S/C6H13OP/c1-3-5-6-8(7)4-2/h3,5,8H,4,6H2,1-2H3. The normalized spacial score (nSPS) is 14.8. The summed E-state index contributed by atoms with van der Waals surface area (Å²) in [6, 6.07) is 0. The molecule has 0 aromatic heterocycles. The summed E-state index contributed by atoms with van der Waals surface area (Å²) in [5.41, 5.74) is 0. The molecule has 0 saturated carbocycles. The van der Waals surface area contributed by atoms with E-state index in [9.17, 15) is 4.57 Å². The van der Waals surface area contributed by atoms with Crippen molar-refractivity contribution in [2.24, 2.45) is 0 Å². The molecule has 0 heterocycles. The van der Waals surface area contributed by atoms with Gasteiger partial charge >= 0.3 is 0 Å². The van der Waals surface area contributed by atoms with Gasteiger partial charge in [-0.3, -0.25) is 0 Å². The van der Waals surface area contributed by atoms with E-state index in [1.807, 2.05) is 26.0 Å². The molecule has 0 radical (unpaired) electrons. The third-order valence-corrected chi connectivity index (χ3v) is 2.46. The van der Waals surface area contributed by atoms with Gasteiger partial charge in [-0.2, -0.15) is 0 Å². The van der Waals surface area contributed by atoms with Gasteiger partial charge in [0.05, 0.1) is 7.80 Å². The highest BCUT2D eigenvalue weighted by Crippen LogP contribution is 2.17. The van der Waals surface area contributed by atoms with E-state index in [1.165, 1.54) is 0 Å². The van der Waals surface area contributed by atoms with Crippen molar-refractivity contribution in [3.8, 4) is 0 Å². The molecule has 0 aliphatic rings. The summed E-state index contributed by atoms with van der Waals surface area (Å²) in [5.74, 6) is 0. The second-order valence-electron chi connectivity index (χ2n) is 1.67. The quantitative estimate of drug-likeness (QED) is 0.424. The molecular weight excluding hydrogens is 119 g/mol. The minimum atomic E-state index is -1.23. The fourth-order valence-electron chi connectivity index (χ4n) is 0.394. The summed E-state index contributed by atoms with van der Waals surface area (Å²) in [6.07, 6.45) is 5.54. The maximum absolute atomic E-state index is 10.7. The Morgan fingerprint density at radius 3 is 2.62 bits per heavy atom. The van der Waals surface area contributed by atoms with Crippen LogP contribution in [0, 0.1) is 0 Å². The summed E-state index contributed by atoms with van der Waals surface area (Å²) in [4.78, 5) is 0. The van der Waals surface area contributed by atoms with Gasteiger partial charge in [-0.25, -0.2) is 0 Å². The van der Waals surface area contributed by atoms with E-state index in [0.29, 0.717) is 0 Å². The lowest BCUT2D eigenvalue weighted by atomic mass is 10.6. The molecule has 0 aromatic rings. The van der Waals surface area contributed by atoms with Crippen LogP contribution in [0.25, 0.3) is 0 Å². The summed E-state index contributed by atoms with van der Waals surface area (Å²) in [6.45, 7) is 3.91. The van der Waals surface area contributed by atoms with Crippen molar-refractivity contribution in [1.29, 1.82) is 0 Å². The van der Waals surface area contributed by atoms with Crippen molar-refractivity contribution in [2.75, 3.05) is 12.3 Å². The molecule has 2 heteroatoms. The van der Waals surface area contributed by atoms with E-state index in [2.05, 4.69) is 0 Å². The maximum atomic E-state index is 10.7. The van der Waals surface area contributed by atoms with E-state index in [4.69, 9.17) is 0 Å². The van der Waals surface area contributed by atoms with Crippen LogP contribution >= 0.6 is 7.80 Å². The van der Waals surface area contributed by atoms with Crippen molar-refractivity contribution in [1.82, 2.24) is 0 Å². The zero-order valence-corrected chi connectivity index (χ0v) is 6.48. The van der Waals surface area contributed by atoms with Crippen LogP contribution < -0.4 is 0 Å². The predicted octanol–water partition coefficient (Wildman–Crippen LogP) is 2.14. The SMILES string of the molecule is CC=CC[PH](=O)CC. The minimum Gasteiger partial charge on any atom is -0.327 e. The van der Waals surface area contributed by atoms with Crippen LogP contribution in [-0.4, -0.2) is 12.3 Å². The van der Waals surface area contributed by atoms with E-state index in [-0.39, 0.29) is 0 Å². The topological polar surface area (TPSA) is 17.1 Å². The molecule has 1 nitrogen and oxygen atoms in total. The highest BCUT2D eigenvalue weighted by Gasteiger charge is 1.87. The Labute approximate surface area is 51.6 Å². The highest BCUT2D eigenvalue weighted by atomic mass is 31.1. The first-order chi connectivity index (χ1) is 3.81. The average molecular weight is 132 g/mol. The zero-order chi connectivity index (χ0) is 6.41. The number of hydrogen-bond acceptors (Lipinski definition) is 1. The first-order valence-corrected chi connectivity index (χ1v) is 4.76. The van der Waals surface area contributed by atoms with E-state index >= 15 is 0 Å². The van der Waals surface area contributed by atoms with Crippen LogP contribution in [0.15, 0.2) is 12.2 Å². The van der Waals surface area contributed by atoms with E-state index in [1.54, 1.807) is 0 Å². The lowest BCUT2D eigenvalue weighted by Crippen LogP contribution is -1.70. The smallest absolute Gasteiger partial charge is 0.0795 e.